The lowest BCUT2D eigenvalue weighted by molar-refractivity contribution is -0.120. The maximum Gasteiger partial charge on any atom is 0.227 e. The van der Waals surface area contributed by atoms with Gasteiger partial charge in [-0.05, 0) is 55.3 Å². The van der Waals surface area contributed by atoms with Crippen molar-refractivity contribution >= 4 is 23.4 Å². The van der Waals surface area contributed by atoms with E-state index in [1.54, 1.807) is 6.33 Å². The van der Waals surface area contributed by atoms with E-state index in [2.05, 4.69) is 15.5 Å². The number of carbonyl (C=O) groups is 1. The Balaban J connectivity index is 1.59. The van der Waals surface area contributed by atoms with Crippen molar-refractivity contribution in [3.8, 4) is 0 Å². The maximum absolute atomic E-state index is 12.3. The van der Waals surface area contributed by atoms with Crippen molar-refractivity contribution < 1.29 is 4.79 Å². The van der Waals surface area contributed by atoms with Crippen LogP contribution in [0.5, 0.6) is 0 Å². The highest BCUT2D eigenvalue weighted by Crippen LogP contribution is 2.27. The highest BCUT2D eigenvalue weighted by Gasteiger charge is 2.25. The van der Waals surface area contributed by atoms with Crippen LogP contribution in [0.2, 0.25) is 0 Å². The van der Waals surface area contributed by atoms with Crippen LogP contribution in [0.1, 0.15) is 25.7 Å². The predicted molar refractivity (Wildman–Crippen MR) is 90.1 cm³/mol. The third kappa shape index (κ3) is 4.11. The first-order valence-electron chi connectivity index (χ1n) is 7.80. The number of nitrogens with one attached hydrogen (secondary N) is 1. The highest BCUT2D eigenvalue weighted by molar-refractivity contribution is 7.99. The molecule has 1 saturated carbocycles. The van der Waals surface area contributed by atoms with Gasteiger partial charge in [-0.1, -0.05) is 6.42 Å². The van der Waals surface area contributed by atoms with E-state index in [0.29, 0.717) is 0 Å². The summed E-state index contributed by atoms with van der Waals surface area (Å²) in [4.78, 5) is 13.4. The molecule has 3 N–H and O–H groups in total. The quantitative estimate of drug-likeness (QED) is 0.898. The van der Waals surface area contributed by atoms with E-state index in [1.165, 1.54) is 11.8 Å². The molecule has 1 aromatic carbocycles. The standard InChI is InChI=1S/C16H21N5OS/c1-21-10-18-20-16(21)23-14-7-5-13(6-8-14)19-15(22)11-3-2-4-12(17)9-11/h5-8,10-12H,2-4,9,17H2,1H3,(H,19,22). The number of amides is 1. The Morgan fingerprint density at radius 1 is 1.35 bits per heavy atom. The summed E-state index contributed by atoms with van der Waals surface area (Å²) in [6.07, 6.45) is 5.45. The van der Waals surface area contributed by atoms with Gasteiger partial charge < -0.3 is 15.6 Å². The van der Waals surface area contributed by atoms with Crippen molar-refractivity contribution in [2.45, 2.75) is 41.8 Å². The Morgan fingerprint density at radius 3 is 2.78 bits per heavy atom. The number of aromatic nitrogens is 3. The number of benzene rings is 1. The van der Waals surface area contributed by atoms with E-state index >= 15 is 0 Å². The van der Waals surface area contributed by atoms with Crippen LogP contribution in [0, 0.1) is 5.92 Å². The summed E-state index contributed by atoms with van der Waals surface area (Å²) >= 11 is 1.54. The second-order valence-corrected chi connectivity index (χ2v) is 7.00. The first kappa shape index (κ1) is 16.0. The molecule has 0 aliphatic heterocycles. The first-order chi connectivity index (χ1) is 11.1. The van der Waals surface area contributed by atoms with E-state index in [-0.39, 0.29) is 17.9 Å². The monoisotopic (exact) mass is 331 g/mol. The zero-order valence-electron chi connectivity index (χ0n) is 13.1. The number of anilines is 1. The number of nitrogens with zero attached hydrogens (tertiary/aromatic N) is 3. The lowest BCUT2D eigenvalue weighted by Gasteiger charge is -2.25. The smallest absolute Gasteiger partial charge is 0.227 e. The number of carbonyl (C=O) groups excluding carboxylic acids is 1. The number of rotatable bonds is 4. The zero-order valence-corrected chi connectivity index (χ0v) is 13.9. The van der Waals surface area contributed by atoms with Gasteiger partial charge in [-0.3, -0.25) is 4.79 Å². The molecule has 1 fully saturated rings. The van der Waals surface area contributed by atoms with Gasteiger partial charge in [-0.25, -0.2) is 0 Å². The van der Waals surface area contributed by atoms with Gasteiger partial charge in [0.25, 0.3) is 0 Å². The van der Waals surface area contributed by atoms with Gasteiger partial charge >= 0.3 is 0 Å². The van der Waals surface area contributed by atoms with Gasteiger partial charge in [0.2, 0.25) is 5.91 Å². The van der Waals surface area contributed by atoms with Gasteiger partial charge in [0, 0.05) is 29.6 Å². The summed E-state index contributed by atoms with van der Waals surface area (Å²) < 4.78 is 1.87. The van der Waals surface area contributed by atoms with Gasteiger partial charge in [-0.2, -0.15) is 0 Å². The maximum atomic E-state index is 12.3. The van der Waals surface area contributed by atoms with Gasteiger partial charge in [0.15, 0.2) is 5.16 Å². The summed E-state index contributed by atoms with van der Waals surface area (Å²) in [5.41, 5.74) is 6.77. The van der Waals surface area contributed by atoms with Gasteiger partial charge in [0.05, 0.1) is 0 Å². The second-order valence-electron chi connectivity index (χ2n) is 5.96. The molecular weight excluding hydrogens is 310 g/mol. The third-order valence-electron chi connectivity index (χ3n) is 4.09. The van der Waals surface area contributed by atoms with Gasteiger partial charge in [-0.15, -0.1) is 10.2 Å². The summed E-state index contributed by atoms with van der Waals surface area (Å²) in [7, 11) is 1.91. The normalized spacial score (nSPS) is 21.1. The molecule has 0 radical (unpaired) electrons. The Labute approximate surface area is 139 Å². The molecule has 23 heavy (non-hydrogen) atoms. The number of hydrogen-bond donors (Lipinski definition) is 2. The minimum Gasteiger partial charge on any atom is -0.328 e. The van der Waals surface area contributed by atoms with Crippen LogP contribution in [0.3, 0.4) is 0 Å². The average Bonchev–Trinajstić information content (AvgIpc) is 2.94. The third-order valence-corrected chi connectivity index (χ3v) is 5.15. The average molecular weight is 331 g/mol. The summed E-state index contributed by atoms with van der Waals surface area (Å²) in [5, 5.41) is 11.7. The van der Waals surface area contributed by atoms with E-state index in [1.807, 2.05) is 35.9 Å². The van der Waals surface area contributed by atoms with Crippen molar-refractivity contribution in [1.82, 2.24) is 14.8 Å². The Hall–Kier alpha value is -1.86. The van der Waals surface area contributed by atoms with E-state index in [0.717, 1.165) is 41.4 Å². The number of aryl methyl sites for hydroxylation is 1. The van der Waals surface area contributed by atoms with Crippen molar-refractivity contribution in [3.05, 3.63) is 30.6 Å². The SMILES string of the molecule is Cn1cnnc1Sc1ccc(NC(=O)C2CCCC(N)C2)cc1. The van der Waals surface area contributed by atoms with E-state index in [4.69, 9.17) is 5.73 Å². The van der Waals surface area contributed by atoms with Gasteiger partial charge in [0.1, 0.15) is 6.33 Å². The topological polar surface area (TPSA) is 85.8 Å². The Bertz CT molecular complexity index is 669. The molecule has 2 atom stereocenters. The minimum absolute atomic E-state index is 0.0337. The van der Waals surface area contributed by atoms with Crippen molar-refractivity contribution in [2.75, 3.05) is 5.32 Å². The minimum atomic E-state index is 0.0337. The zero-order chi connectivity index (χ0) is 16.2. The molecule has 1 heterocycles. The molecular formula is C16H21N5OS. The summed E-state index contributed by atoms with van der Waals surface area (Å²) in [6, 6.07) is 7.94. The lowest BCUT2D eigenvalue weighted by Crippen LogP contribution is -2.34. The highest BCUT2D eigenvalue weighted by atomic mass is 32.2. The van der Waals surface area contributed by atoms with Crippen LogP contribution in [0.25, 0.3) is 0 Å². The molecule has 2 unspecified atom stereocenters. The second kappa shape index (κ2) is 7.14. The molecule has 0 spiro atoms. The molecule has 1 aromatic heterocycles. The molecule has 2 aromatic rings. The predicted octanol–water partition coefficient (Wildman–Crippen LogP) is 2.42. The molecule has 7 heteroatoms. The fraction of sp³-hybridized carbons (Fsp3) is 0.438. The summed E-state index contributed by atoms with van der Waals surface area (Å²) in [5.74, 6) is 0.111. The van der Waals surface area contributed by atoms with E-state index in [9.17, 15) is 4.79 Å². The van der Waals surface area contributed by atoms with Crippen LogP contribution in [-0.2, 0) is 11.8 Å². The molecule has 6 nitrogen and oxygen atoms in total. The van der Waals surface area contributed by atoms with Crippen molar-refractivity contribution in [2.24, 2.45) is 18.7 Å². The molecule has 1 aliphatic rings. The molecule has 122 valence electrons. The van der Waals surface area contributed by atoms with Crippen LogP contribution < -0.4 is 11.1 Å². The van der Waals surface area contributed by atoms with Crippen molar-refractivity contribution in [1.29, 1.82) is 0 Å². The summed E-state index contributed by atoms with van der Waals surface area (Å²) in [6.45, 7) is 0. The van der Waals surface area contributed by atoms with Crippen LogP contribution >= 0.6 is 11.8 Å². The molecule has 1 amide bonds. The van der Waals surface area contributed by atoms with Crippen LogP contribution in [0.15, 0.2) is 40.6 Å². The molecule has 0 saturated heterocycles. The van der Waals surface area contributed by atoms with Crippen LogP contribution in [-0.4, -0.2) is 26.7 Å². The fourth-order valence-electron chi connectivity index (χ4n) is 2.79. The number of hydrogen-bond acceptors (Lipinski definition) is 5. The molecule has 0 bridgehead atoms. The van der Waals surface area contributed by atoms with Crippen molar-refractivity contribution in [3.63, 3.8) is 0 Å². The van der Waals surface area contributed by atoms with E-state index < -0.39 is 0 Å². The Kier molecular flexibility index (Phi) is 4.97. The largest absolute Gasteiger partial charge is 0.328 e. The molecule has 1 aliphatic carbocycles. The Morgan fingerprint density at radius 2 is 2.13 bits per heavy atom. The fourth-order valence-corrected chi connectivity index (χ4v) is 3.55. The molecule has 3 rings (SSSR count). The lowest BCUT2D eigenvalue weighted by atomic mass is 9.85. The number of nitrogens with two attached hydrogens (primary N) is 1. The van der Waals surface area contributed by atoms with Crippen LogP contribution in [0.4, 0.5) is 5.69 Å². The first-order valence-corrected chi connectivity index (χ1v) is 8.62.